The number of aliphatic imine (C=N–C) groups is 1. The molecule has 2 N–H and O–H groups in total. The van der Waals surface area contributed by atoms with Crippen molar-refractivity contribution in [3.63, 3.8) is 0 Å². The largest absolute Gasteiger partial charge is 0.493 e. The molecule has 2 rings (SSSR count). The van der Waals surface area contributed by atoms with Crippen LogP contribution in [0.25, 0.3) is 0 Å². The Hall–Kier alpha value is -1.62. The molecule has 0 amide bonds. The summed E-state index contributed by atoms with van der Waals surface area (Å²) >= 11 is 6.36. The Morgan fingerprint density at radius 3 is 2.61 bits per heavy atom. The second kappa shape index (κ2) is 4.94. The van der Waals surface area contributed by atoms with E-state index < -0.39 is 0 Å². The third-order valence-corrected chi connectivity index (χ3v) is 3.52. The molecular weight excluding hydrogens is 254 g/mol. The first-order chi connectivity index (χ1) is 8.60. The highest BCUT2D eigenvalue weighted by Crippen LogP contribution is 2.41. The van der Waals surface area contributed by atoms with E-state index in [9.17, 15) is 0 Å². The summed E-state index contributed by atoms with van der Waals surface area (Å²) in [6.07, 6.45) is 0. The fourth-order valence-electron chi connectivity index (χ4n) is 2.04. The summed E-state index contributed by atoms with van der Waals surface area (Å²) in [6.45, 7) is 0.595. The van der Waals surface area contributed by atoms with E-state index in [-0.39, 0.29) is 6.04 Å². The van der Waals surface area contributed by atoms with Crippen molar-refractivity contribution in [2.45, 2.75) is 6.04 Å². The van der Waals surface area contributed by atoms with Crippen molar-refractivity contribution in [1.29, 1.82) is 0 Å². The first-order valence-electron chi connectivity index (χ1n) is 5.53. The Morgan fingerprint density at radius 2 is 2.11 bits per heavy atom. The van der Waals surface area contributed by atoms with Crippen LogP contribution in [-0.4, -0.2) is 38.7 Å². The molecular formula is C12H16ClN3O2. The molecule has 1 aromatic rings. The molecule has 18 heavy (non-hydrogen) atoms. The minimum Gasteiger partial charge on any atom is -0.493 e. The molecule has 1 aliphatic rings. The lowest BCUT2D eigenvalue weighted by molar-refractivity contribution is 0.352. The van der Waals surface area contributed by atoms with Crippen molar-refractivity contribution in [3.05, 3.63) is 22.7 Å². The van der Waals surface area contributed by atoms with Gasteiger partial charge in [0.15, 0.2) is 17.5 Å². The molecule has 0 aromatic heterocycles. The van der Waals surface area contributed by atoms with Gasteiger partial charge >= 0.3 is 0 Å². The normalized spacial score (nSPS) is 18.8. The predicted molar refractivity (Wildman–Crippen MR) is 71.5 cm³/mol. The SMILES string of the molecule is COc1ccc(C2CN=C(N)N2C)c(Cl)c1OC. The van der Waals surface area contributed by atoms with Gasteiger partial charge in [0, 0.05) is 7.05 Å². The van der Waals surface area contributed by atoms with E-state index >= 15 is 0 Å². The van der Waals surface area contributed by atoms with Gasteiger partial charge in [0.05, 0.1) is 31.8 Å². The van der Waals surface area contributed by atoms with Crippen LogP contribution in [0.2, 0.25) is 5.02 Å². The molecule has 98 valence electrons. The molecule has 0 radical (unpaired) electrons. The maximum atomic E-state index is 6.36. The van der Waals surface area contributed by atoms with Crippen molar-refractivity contribution in [1.82, 2.24) is 4.90 Å². The number of nitrogens with zero attached hydrogens (tertiary/aromatic N) is 2. The van der Waals surface area contributed by atoms with Gasteiger partial charge in [-0.15, -0.1) is 0 Å². The zero-order chi connectivity index (χ0) is 13.3. The van der Waals surface area contributed by atoms with Gasteiger partial charge in [-0.25, -0.2) is 0 Å². The average Bonchev–Trinajstić information content (AvgIpc) is 2.70. The molecule has 0 aliphatic carbocycles. The minimum absolute atomic E-state index is 0.0392. The maximum Gasteiger partial charge on any atom is 0.191 e. The van der Waals surface area contributed by atoms with Crippen molar-refractivity contribution >= 4 is 17.6 Å². The van der Waals surface area contributed by atoms with E-state index in [0.717, 1.165) is 5.56 Å². The molecule has 0 fully saturated rings. The summed E-state index contributed by atoms with van der Waals surface area (Å²) in [5.41, 5.74) is 6.69. The minimum atomic E-state index is 0.0392. The molecule has 0 bridgehead atoms. The zero-order valence-electron chi connectivity index (χ0n) is 10.6. The highest BCUT2D eigenvalue weighted by molar-refractivity contribution is 6.33. The second-order valence-corrected chi connectivity index (χ2v) is 4.41. The van der Waals surface area contributed by atoms with Gasteiger partial charge in [-0.2, -0.15) is 0 Å². The van der Waals surface area contributed by atoms with E-state index in [2.05, 4.69) is 4.99 Å². The van der Waals surface area contributed by atoms with Crippen molar-refractivity contribution in [2.24, 2.45) is 10.7 Å². The number of ether oxygens (including phenoxy) is 2. The van der Waals surface area contributed by atoms with Crippen LogP contribution in [0.5, 0.6) is 11.5 Å². The standard InChI is InChI=1S/C12H16ClN3O2/c1-16-8(6-15-12(16)14)7-4-5-9(17-2)11(18-3)10(7)13/h4-5,8H,6H2,1-3H3,(H2,14,15). The first-order valence-corrected chi connectivity index (χ1v) is 5.91. The smallest absolute Gasteiger partial charge is 0.191 e. The predicted octanol–water partition coefficient (Wildman–Crippen LogP) is 1.66. The fourth-order valence-corrected chi connectivity index (χ4v) is 2.40. The molecule has 1 atom stereocenters. The molecule has 1 aliphatic heterocycles. The number of guanidine groups is 1. The summed E-state index contributed by atoms with van der Waals surface area (Å²) in [6, 6.07) is 3.79. The third-order valence-electron chi connectivity index (χ3n) is 3.13. The van der Waals surface area contributed by atoms with E-state index in [0.29, 0.717) is 29.0 Å². The van der Waals surface area contributed by atoms with Gasteiger partial charge in [0.1, 0.15) is 0 Å². The number of likely N-dealkylation sites (N-methyl/N-ethyl adjacent to an activating group) is 1. The topological polar surface area (TPSA) is 60.1 Å². The summed E-state index contributed by atoms with van der Waals surface area (Å²) < 4.78 is 10.5. The molecule has 1 aromatic carbocycles. The van der Waals surface area contributed by atoms with Crippen LogP contribution in [0.15, 0.2) is 17.1 Å². The average molecular weight is 270 g/mol. The lowest BCUT2D eigenvalue weighted by Gasteiger charge is -2.23. The maximum absolute atomic E-state index is 6.36. The Bertz CT molecular complexity index is 490. The Labute approximate surface area is 111 Å². The Kier molecular flexibility index (Phi) is 3.52. The van der Waals surface area contributed by atoms with Crippen molar-refractivity contribution in [2.75, 3.05) is 27.8 Å². The van der Waals surface area contributed by atoms with Gasteiger partial charge < -0.3 is 20.1 Å². The molecule has 0 spiro atoms. The summed E-state index contributed by atoms with van der Waals surface area (Å²) in [5.74, 6) is 1.67. The Balaban J connectivity index is 2.41. The van der Waals surface area contributed by atoms with Crippen LogP contribution in [0.3, 0.4) is 0 Å². The van der Waals surface area contributed by atoms with Crippen LogP contribution < -0.4 is 15.2 Å². The van der Waals surface area contributed by atoms with Crippen LogP contribution in [0.1, 0.15) is 11.6 Å². The number of hydrogen-bond donors (Lipinski definition) is 1. The van der Waals surface area contributed by atoms with E-state index in [1.54, 1.807) is 14.2 Å². The molecule has 6 heteroatoms. The molecule has 0 saturated carbocycles. The fraction of sp³-hybridized carbons (Fsp3) is 0.417. The van der Waals surface area contributed by atoms with Crippen molar-refractivity contribution in [3.8, 4) is 11.5 Å². The van der Waals surface area contributed by atoms with E-state index in [1.165, 1.54) is 0 Å². The molecule has 0 saturated heterocycles. The van der Waals surface area contributed by atoms with Crippen LogP contribution in [0.4, 0.5) is 0 Å². The highest BCUT2D eigenvalue weighted by atomic mass is 35.5. The summed E-state index contributed by atoms with van der Waals surface area (Å²) in [5, 5.41) is 0.540. The monoisotopic (exact) mass is 269 g/mol. The lowest BCUT2D eigenvalue weighted by atomic mass is 10.1. The van der Waals surface area contributed by atoms with Crippen molar-refractivity contribution < 1.29 is 9.47 Å². The van der Waals surface area contributed by atoms with E-state index in [4.69, 9.17) is 26.8 Å². The quantitative estimate of drug-likeness (QED) is 0.907. The molecule has 5 nitrogen and oxygen atoms in total. The van der Waals surface area contributed by atoms with Gasteiger partial charge in [-0.3, -0.25) is 4.99 Å². The first kappa shape index (κ1) is 12.8. The number of rotatable bonds is 3. The number of benzene rings is 1. The Morgan fingerprint density at radius 1 is 1.39 bits per heavy atom. The number of methoxy groups -OCH3 is 2. The number of halogens is 1. The number of nitrogens with two attached hydrogens (primary N) is 1. The van der Waals surface area contributed by atoms with E-state index in [1.807, 2.05) is 24.1 Å². The third kappa shape index (κ3) is 1.95. The summed E-state index contributed by atoms with van der Waals surface area (Å²) in [4.78, 5) is 6.10. The molecule has 1 heterocycles. The highest BCUT2D eigenvalue weighted by Gasteiger charge is 2.28. The van der Waals surface area contributed by atoms with Crippen LogP contribution >= 0.6 is 11.6 Å². The van der Waals surface area contributed by atoms with Crippen LogP contribution in [-0.2, 0) is 0 Å². The second-order valence-electron chi connectivity index (χ2n) is 4.03. The van der Waals surface area contributed by atoms with Crippen LogP contribution in [0, 0.1) is 0 Å². The summed E-state index contributed by atoms with van der Waals surface area (Å²) in [7, 11) is 5.04. The number of hydrogen-bond acceptors (Lipinski definition) is 5. The molecule has 1 unspecified atom stereocenters. The zero-order valence-corrected chi connectivity index (χ0v) is 11.4. The van der Waals surface area contributed by atoms with Gasteiger partial charge in [0.25, 0.3) is 0 Å². The van der Waals surface area contributed by atoms with Gasteiger partial charge in [0.2, 0.25) is 0 Å². The lowest BCUT2D eigenvalue weighted by Crippen LogP contribution is -2.32. The van der Waals surface area contributed by atoms with Gasteiger partial charge in [-0.05, 0) is 11.6 Å². The van der Waals surface area contributed by atoms with Gasteiger partial charge in [-0.1, -0.05) is 17.7 Å².